The second-order valence-electron chi connectivity index (χ2n) is 5.20. The van der Waals surface area contributed by atoms with Crippen molar-refractivity contribution >= 4 is 23.7 Å². The molecule has 6 nitrogen and oxygen atoms in total. The third-order valence-electron chi connectivity index (χ3n) is 3.48. The summed E-state index contributed by atoms with van der Waals surface area (Å²) in [7, 11) is 0. The van der Waals surface area contributed by atoms with Gasteiger partial charge < -0.3 is 0 Å². The first-order valence-electron chi connectivity index (χ1n) is 7.11. The lowest BCUT2D eigenvalue weighted by molar-refractivity contribution is -0.137. The molecule has 0 fully saturated rings. The Labute approximate surface area is 135 Å². The summed E-state index contributed by atoms with van der Waals surface area (Å²) < 4.78 is 38.4. The van der Waals surface area contributed by atoms with Crippen molar-refractivity contribution in [2.75, 3.05) is 0 Å². The molecule has 1 aliphatic heterocycles. The van der Waals surface area contributed by atoms with Crippen molar-refractivity contribution < 1.29 is 22.8 Å². The zero-order chi connectivity index (χ0) is 17.7. The molecule has 0 unspecified atom stereocenters. The van der Waals surface area contributed by atoms with Crippen molar-refractivity contribution in [2.24, 2.45) is 16.1 Å². The summed E-state index contributed by atoms with van der Waals surface area (Å²) in [5.41, 5.74) is 4.07. The Morgan fingerprint density at radius 2 is 2.12 bits per heavy atom. The molecule has 2 rings (SSSR count). The molecule has 24 heavy (non-hydrogen) atoms. The Morgan fingerprint density at radius 1 is 1.42 bits per heavy atom. The summed E-state index contributed by atoms with van der Waals surface area (Å²) in [5, 5.41) is 7.30. The van der Waals surface area contributed by atoms with Crippen molar-refractivity contribution in [3.05, 3.63) is 35.4 Å². The molecule has 128 valence electrons. The van der Waals surface area contributed by atoms with E-state index in [-0.39, 0.29) is 24.3 Å². The second-order valence-corrected chi connectivity index (χ2v) is 5.20. The van der Waals surface area contributed by atoms with E-state index in [1.54, 1.807) is 6.92 Å². The van der Waals surface area contributed by atoms with Crippen molar-refractivity contribution in [1.29, 1.82) is 0 Å². The van der Waals surface area contributed by atoms with Gasteiger partial charge in [-0.05, 0) is 19.4 Å². The molecule has 2 N–H and O–H groups in total. The van der Waals surface area contributed by atoms with Gasteiger partial charge in [0.2, 0.25) is 11.8 Å². The molecule has 0 bridgehead atoms. The standard InChI is InChI=1S/C15H15F3N4O2/c1-9-11(14(24)22-20-9)6-7-13(23)21-19-8-10-4-2-3-5-12(10)15(16,17)18/h2-5,8,11H,6-7H2,1H3,(H,21,23)(H,22,24)/b19-8-/t11-/m0/s1. The van der Waals surface area contributed by atoms with E-state index in [0.717, 1.165) is 12.3 Å². The highest BCUT2D eigenvalue weighted by molar-refractivity contribution is 6.07. The van der Waals surface area contributed by atoms with Gasteiger partial charge in [0.05, 0.1) is 17.7 Å². The molecule has 1 aliphatic rings. The van der Waals surface area contributed by atoms with Crippen LogP contribution >= 0.6 is 0 Å². The lowest BCUT2D eigenvalue weighted by Crippen LogP contribution is -2.25. The van der Waals surface area contributed by atoms with Crippen LogP contribution in [-0.2, 0) is 15.8 Å². The number of nitrogens with one attached hydrogen (secondary N) is 2. The van der Waals surface area contributed by atoms with Gasteiger partial charge in [0.15, 0.2) is 0 Å². The number of benzene rings is 1. The van der Waals surface area contributed by atoms with Crippen LogP contribution in [0.4, 0.5) is 13.2 Å². The summed E-state index contributed by atoms with van der Waals surface area (Å²) in [6.45, 7) is 1.67. The predicted molar refractivity (Wildman–Crippen MR) is 81.2 cm³/mol. The minimum absolute atomic E-state index is 0.00318. The summed E-state index contributed by atoms with van der Waals surface area (Å²) in [6.07, 6.45) is -3.31. The van der Waals surface area contributed by atoms with Crippen LogP contribution in [0.1, 0.15) is 30.9 Å². The van der Waals surface area contributed by atoms with E-state index in [0.29, 0.717) is 5.71 Å². The number of halogens is 3. The maximum atomic E-state index is 12.8. The van der Waals surface area contributed by atoms with Gasteiger partial charge in [0, 0.05) is 17.7 Å². The van der Waals surface area contributed by atoms with Gasteiger partial charge in [-0.25, -0.2) is 10.9 Å². The Kier molecular flexibility index (Phi) is 5.32. The SMILES string of the molecule is CC1=NNC(=O)[C@H]1CCC(=O)N/N=C\c1ccccc1C(F)(F)F. The van der Waals surface area contributed by atoms with Crippen molar-refractivity contribution in [1.82, 2.24) is 10.9 Å². The molecule has 1 heterocycles. The Hall–Kier alpha value is -2.71. The number of hydrogen-bond donors (Lipinski definition) is 2. The first-order valence-corrected chi connectivity index (χ1v) is 7.11. The molecule has 0 saturated carbocycles. The van der Waals surface area contributed by atoms with Crippen LogP contribution < -0.4 is 10.9 Å². The number of carbonyl (C=O) groups is 2. The van der Waals surface area contributed by atoms with Crippen molar-refractivity contribution in [2.45, 2.75) is 25.9 Å². The van der Waals surface area contributed by atoms with Crippen LogP contribution in [-0.4, -0.2) is 23.7 Å². The third kappa shape index (κ3) is 4.40. The number of nitrogens with zero attached hydrogens (tertiary/aromatic N) is 2. The number of hydrogen-bond acceptors (Lipinski definition) is 4. The minimum Gasteiger partial charge on any atom is -0.273 e. The molecule has 9 heteroatoms. The van der Waals surface area contributed by atoms with E-state index in [2.05, 4.69) is 21.1 Å². The molecule has 0 radical (unpaired) electrons. The fourth-order valence-electron chi connectivity index (χ4n) is 2.20. The second kappa shape index (κ2) is 7.24. The van der Waals surface area contributed by atoms with Gasteiger partial charge in [0.1, 0.15) is 0 Å². The van der Waals surface area contributed by atoms with E-state index in [9.17, 15) is 22.8 Å². The van der Waals surface area contributed by atoms with Gasteiger partial charge in [-0.3, -0.25) is 9.59 Å². The summed E-state index contributed by atoms with van der Waals surface area (Å²) >= 11 is 0. The smallest absolute Gasteiger partial charge is 0.273 e. The van der Waals surface area contributed by atoms with E-state index < -0.39 is 23.6 Å². The maximum absolute atomic E-state index is 12.8. The van der Waals surface area contributed by atoms with E-state index in [4.69, 9.17) is 0 Å². The highest BCUT2D eigenvalue weighted by Gasteiger charge is 2.32. The molecular formula is C15H15F3N4O2. The quantitative estimate of drug-likeness (QED) is 0.635. The number of amides is 2. The van der Waals surface area contributed by atoms with Crippen LogP contribution in [0, 0.1) is 5.92 Å². The predicted octanol–water partition coefficient (Wildman–Crippen LogP) is 2.06. The lowest BCUT2D eigenvalue weighted by Gasteiger charge is -2.09. The monoisotopic (exact) mass is 340 g/mol. The van der Waals surface area contributed by atoms with Gasteiger partial charge in [-0.2, -0.15) is 23.4 Å². The molecule has 1 aromatic rings. The minimum atomic E-state index is -4.50. The average molecular weight is 340 g/mol. The molecule has 0 aliphatic carbocycles. The zero-order valence-electron chi connectivity index (χ0n) is 12.7. The number of carbonyl (C=O) groups excluding carboxylic acids is 2. The zero-order valence-corrected chi connectivity index (χ0v) is 12.7. The van der Waals surface area contributed by atoms with Crippen LogP contribution in [0.15, 0.2) is 34.5 Å². The van der Waals surface area contributed by atoms with Gasteiger partial charge in [0.25, 0.3) is 0 Å². The number of hydrazone groups is 2. The van der Waals surface area contributed by atoms with E-state index in [1.165, 1.54) is 18.2 Å². The van der Waals surface area contributed by atoms with Crippen molar-refractivity contribution in [3.63, 3.8) is 0 Å². The lowest BCUT2D eigenvalue weighted by atomic mass is 9.99. The topological polar surface area (TPSA) is 82.9 Å². The Morgan fingerprint density at radius 3 is 2.75 bits per heavy atom. The fourth-order valence-corrected chi connectivity index (χ4v) is 2.20. The first-order chi connectivity index (χ1) is 11.3. The largest absolute Gasteiger partial charge is 0.417 e. The molecule has 2 amide bonds. The normalized spacial score (nSPS) is 17.8. The summed E-state index contributed by atoms with van der Waals surface area (Å²) in [6, 6.07) is 4.90. The molecule has 1 aromatic carbocycles. The van der Waals surface area contributed by atoms with E-state index >= 15 is 0 Å². The highest BCUT2D eigenvalue weighted by Crippen LogP contribution is 2.31. The molecule has 0 spiro atoms. The molecule has 0 aromatic heterocycles. The highest BCUT2D eigenvalue weighted by atomic mass is 19.4. The number of rotatable bonds is 5. The molecule has 0 saturated heterocycles. The molecular weight excluding hydrogens is 325 g/mol. The van der Waals surface area contributed by atoms with E-state index in [1.807, 2.05) is 0 Å². The van der Waals surface area contributed by atoms with Gasteiger partial charge in [-0.15, -0.1) is 0 Å². The van der Waals surface area contributed by atoms with Crippen LogP contribution in [0.3, 0.4) is 0 Å². The fraction of sp³-hybridized carbons (Fsp3) is 0.333. The summed E-state index contributed by atoms with van der Waals surface area (Å²) in [4.78, 5) is 23.1. The van der Waals surface area contributed by atoms with Crippen molar-refractivity contribution in [3.8, 4) is 0 Å². The van der Waals surface area contributed by atoms with Crippen LogP contribution in [0.5, 0.6) is 0 Å². The maximum Gasteiger partial charge on any atom is 0.417 e. The van der Waals surface area contributed by atoms with Gasteiger partial charge >= 0.3 is 6.18 Å². The third-order valence-corrected chi connectivity index (χ3v) is 3.48. The number of alkyl halides is 3. The Balaban J connectivity index is 1.89. The molecule has 1 atom stereocenters. The van der Waals surface area contributed by atoms with Crippen LogP contribution in [0.25, 0.3) is 0 Å². The first kappa shape index (κ1) is 17.6. The average Bonchev–Trinajstić information content (AvgIpc) is 2.83. The van der Waals surface area contributed by atoms with Crippen LogP contribution in [0.2, 0.25) is 0 Å². The Bertz CT molecular complexity index is 698. The van der Waals surface area contributed by atoms with Gasteiger partial charge in [-0.1, -0.05) is 18.2 Å². The summed E-state index contributed by atoms with van der Waals surface area (Å²) in [5.74, 6) is -1.24.